The van der Waals surface area contributed by atoms with Crippen LogP contribution in [0.2, 0.25) is 0 Å². The third kappa shape index (κ3) is 2.96. The molecule has 1 aromatic carbocycles. The molecule has 6 heteroatoms. The highest BCUT2D eigenvalue weighted by molar-refractivity contribution is 5.75. The van der Waals surface area contributed by atoms with Gasteiger partial charge in [-0.25, -0.2) is 9.59 Å². The van der Waals surface area contributed by atoms with Gasteiger partial charge in [0, 0.05) is 19.6 Å². The number of rotatable bonds is 3. The lowest BCUT2D eigenvalue weighted by Gasteiger charge is -2.10. The Morgan fingerprint density at radius 2 is 2.16 bits per heavy atom. The maximum atomic E-state index is 11.5. The second-order valence-corrected chi connectivity index (χ2v) is 4.71. The van der Waals surface area contributed by atoms with Crippen molar-refractivity contribution >= 4 is 17.1 Å². The highest BCUT2D eigenvalue weighted by Crippen LogP contribution is 2.13. The third-order valence-corrected chi connectivity index (χ3v) is 2.73. The van der Waals surface area contributed by atoms with Crippen LogP contribution in [0, 0.1) is 0 Å². The summed E-state index contributed by atoms with van der Waals surface area (Å²) in [5.74, 6) is -0.391. The first kappa shape index (κ1) is 13.2. The molecule has 2 amide bonds. The van der Waals surface area contributed by atoms with Gasteiger partial charge in [-0.1, -0.05) is 6.07 Å². The topological polar surface area (TPSA) is 76.3 Å². The third-order valence-electron chi connectivity index (χ3n) is 2.73. The molecule has 0 saturated heterocycles. The van der Waals surface area contributed by atoms with Gasteiger partial charge in [-0.2, -0.15) is 0 Å². The minimum atomic E-state index is -0.391. The number of benzene rings is 1. The lowest BCUT2D eigenvalue weighted by Crippen LogP contribution is -2.39. The van der Waals surface area contributed by atoms with Crippen LogP contribution in [-0.4, -0.2) is 16.6 Å². The number of hydrogen-bond acceptors (Lipinski definition) is 3. The summed E-state index contributed by atoms with van der Waals surface area (Å²) in [4.78, 5) is 22.8. The number of amides is 2. The van der Waals surface area contributed by atoms with Crippen molar-refractivity contribution in [3.63, 3.8) is 0 Å². The molecule has 0 aliphatic carbocycles. The predicted molar refractivity (Wildman–Crippen MR) is 72.0 cm³/mol. The summed E-state index contributed by atoms with van der Waals surface area (Å²) < 4.78 is 6.48. The first-order valence-electron chi connectivity index (χ1n) is 6.10. The van der Waals surface area contributed by atoms with E-state index < -0.39 is 5.76 Å². The number of carbonyl (C=O) groups excluding carboxylic acids is 1. The van der Waals surface area contributed by atoms with Crippen LogP contribution >= 0.6 is 0 Å². The molecule has 2 N–H and O–H groups in total. The van der Waals surface area contributed by atoms with Gasteiger partial charge in [0.05, 0.1) is 5.52 Å². The first-order chi connectivity index (χ1) is 8.97. The molecule has 1 aromatic heterocycles. The Labute approximate surface area is 110 Å². The standard InChI is InChI=1S/C13H17N3O3/c1-8(2)15-12(17)14-7-9-4-5-11-10(6-9)16(3)13(18)19-11/h4-6,8H,7H2,1-3H3,(H2,14,15,17). The Morgan fingerprint density at radius 1 is 1.42 bits per heavy atom. The summed E-state index contributed by atoms with van der Waals surface area (Å²) in [5.41, 5.74) is 2.17. The van der Waals surface area contributed by atoms with Crippen LogP contribution in [0.1, 0.15) is 19.4 Å². The van der Waals surface area contributed by atoms with Gasteiger partial charge in [0.15, 0.2) is 5.58 Å². The molecule has 0 unspecified atom stereocenters. The minimum absolute atomic E-state index is 0.0946. The normalized spacial score (nSPS) is 10.9. The van der Waals surface area contributed by atoms with Crippen molar-refractivity contribution in [1.29, 1.82) is 0 Å². The predicted octanol–water partition coefficient (Wildman–Crippen LogP) is 1.34. The van der Waals surface area contributed by atoms with Gasteiger partial charge in [0.1, 0.15) is 0 Å². The molecular weight excluding hydrogens is 246 g/mol. The van der Waals surface area contributed by atoms with Crippen LogP contribution in [0.25, 0.3) is 11.1 Å². The number of urea groups is 1. The summed E-state index contributed by atoms with van der Waals surface area (Å²) in [7, 11) is 1.65. The SMILES string of the molecule is CC(C)NC(=O)NCc1ccc2oc(=O)n(C)c2c1. The summed E-state index contributed by atoms with van der Waals surface area (Å²) in [6.07, 6.45) is 0. The van der Waals surface area contributed by atoms with Crippen LogP contribution in [0.3, 0.4) is 0 Å². The molecule has 0 bridgehead atoms. The van der Waals surface area contributed by atoms with Gasteiger partial charge in [-0.05, 0) is 31.5 Å². The molecule has 102 valence electrons. The molecule has 0 atom stereocenters. The number of carbonyl (C=O) groups is 1. The smallest absolute Gasteiger partial charge is 0.408 e. The van der Waals surface area contributed by atoms with Crippen molar-refractivity contribution in [2.45, 2.75) is 26.4 Å². The van der Waals surface area contributed by atoms with Crippen molar-refractivity contribution in [1.82, 2.24) is 15.2 Å². The van der Waals surface area contributed by atoms with Crippen molar-refractivity contribution in [3.05, 3.63) is 34.3 Å². The largest absolute Gasteiger partial charge is 0.419 e. The molecule has 0 fully saturated rings. The lowest BCUT2D eigenvalue weighted by atomic mass is 10.2. The molecule has 19 heavy (non-hydrogen) atoms. The molecule has 0 aliphatic heterocycles. The van der Waals surface area contributed by atoms with E-state index in [0.717, 1.165) is 5.56 Å². The Hall–Kier alpha value is -2.24. The van der Waals surface area contributed by atoms with Crippen molar-refractivity contribution in [2.75, 3.05) is 0 Å². The average molecular weight is 263 g/mol. The molecule has 2 aromatic rings. The fourth-order valence-corrected chi connectivity index (χ4v) is 1.78. The second-order valence-electron chi connectivity index (χ2n) is 4.71. The van der Waals surface area contributed by atoms with Gasteiger partial charge in [0.25, 0.3) is 0 Å². The van der Waals surface area contributed by atoms with E-state index in [-0.39, 0.29) is 12.1 Å². The fourth-order valence-electron chi connectivity index (χ4n) is 1.78. The molecule has 2 rings (SSSR count). The lowest BCUT2D eigenvalue weighted by molar-refractivity contribution is 0.238. The number of oxazole rings is 1. The van der Waals surface area contributed by atoms with E-state index in [4.69, 9.17) is 4.42 Å². The van der Waals surface area contributed by atoms with Gasteiger partial charge in [-0.15, -0.1) is 0 Å². The molecule has 0 aliphatic rings. The monoisotopic (exact) mass is 263 g/mol. The number of nitrogens with one attached hydrogen (secondary N) is 2. The Balaban J connectivity index is 2.11. The highest BCUT2D eigenvalue weighted by atomic mass is 16.4. The van der Waals surface area contributed by atoms with E-state index >= 15 is 0 Å². The maximum absolute atomic E-state index is 11.5. The second kappa shape index (κ2) is 5.17. The van der Waals surface area contributed by atoms with Crippen molar-refractivity contribution in [2.24, 2.45) is 7.05 Å². The summed E-state index contributed by atoms with van der Waals surface area (Å²) in [6, 6.07) is 5.26. The van der Waals surface area contributed by atoms with Gasteiger partial charge in [-0.3, -0.25) is 4.57 Å². The van der Waals surface area contributed by atoms with Crippen LogP contribution in [0.4, 0.5) is 4.79 Å². The van der Waals surface area contributed by atoms with Gasteiger partial charge in [0.2, 0.25) is 0 Å². The van der Waals surface area contributed by atoms with Crippen LogP contribution in [0.5, 0.6) is 0 Å². The summed E-state index contributed by atoms with van der Waals surface area (Å²) in [5, 5.41) is 5.50. The highest BCUT2D eigenvalue weighted by Gasteiger charge is 2.07. The fraction of sp³-hybridized carbons (Fsp3) is 0.385. The number of aromatic nitrogens is 1. The molecule has 0 radical (unpaired) electrons. The zero-order valence-electron chi connectivity index (χ0n) is 11.2. The van der Waals surface area contributed by atoms with Crippen LogP contribution in [-0.2, 0) is 13.6 Å². The molecule has 6 nitrogen and oxygen atoms in total. The molecule has 0 saturated carbocycles. The summed E-state index contributed by atoms with van der Waals surface area (Å²) >= 11 is 0. The van der Waals surface area contributed by atoms with Crippen molar-refractivity contribution in [3.8, 4) is 0 Å². The number of fused-ring (bicyclic) bond motifs is 1. The summed E-state index contributed by atoms with van der Waals surface area (Å²) in [6.45, 7) is 4.19. The van der Waals surface area contributed by atoms with Gasteiger partial charge >= 0.3 is 11.8 Å². The number of nitrogens with zero attached hydrogens (tertiary/aromatic N) is 1. The zero-order chi connectivity index (χ0) is 14.0. The average Bonchev–Trinajstić information content (AvgIpc) is 2.62. The number of hydrogen-bond donors (Lipinski definition) is 2. The molecule has 0 spiro atoms. The van der Waals surface area contributed by atoms with Crippen LogP contribution in [0.15, 0.2) is 27.4 Å². The van der Waals surface area contributed by atoms with E-state index in [9.17, 15) is 9.59 Å². The minimum Gasteiger partial charge on any atom is -0.408 e. The Bertz CT molecular complexity index is 655. The Morgan fingerprint density at radius 3 is 2.84 bits per heavy atom. The van der Waals surface area contributed by atoms with Crippen molar-refractivity contribution < 1.29 is 9.21 Å². The Kier molecular flexibility index (Phi) is 3.59. The zero-order valence-corrected chi connectivity index (χ0v) is 11.2. The first-order valence-corrected chi connectivity index (χ1v) is 6.10. The van der Waals surface area contributed by atoms with E-state index in [1.165, 1.54) is 4.57 Å². The van der Waals surface area contributed by atoms with Gasteiger partial charge < -0.3 is 15.1 Å². The maximum Gasteiger partial charge on any atom is 0.419 e. The number of aryl methyl sites for hydroxylation is 1. The van der Waals surface area contributed by atoms with E-state index in [1.807, 2.05) is 26.0 Å². The molecule has 1 heterocycles. The van der Waals surface area contributed by atoms with E-state index in [1.54, 1.807) is 13.1 Å². The van der Waals surface area contributed by atoms with E-state index in [0.29, 0.717) is 17.6 Å². The quantitative estimate of drug-likeness (QED) is 0.877. The van der Waals surface area contributed by atoms with Crippen LogP contribution < -0.4 is 16.4 Å². The van der Waals surface area contributed by atoms with E-state index in [2.05, 4.69) is 10.6 Å². The molecular formula is C13H17N3O3.